The zero-order valence-electron chi connectivity index (χ0n) is 15.9. The van der Waals surface area contributed by atoms with Gasteiger partial charge in [-0.3, -0.25) is 9.52 Å². The summed E-state index contributed by atoms with van der Waals surface area (Å²) in [5, 5.41) is 0. The Kier molecular flexibility index (Phi) is 4.65. The molecule has 1 N–H and O–H groups in total. The van der Waals surface area contributed by atoms with E-state index in [1.54, 1.807) is 23.1 Å². The zero-order chi connectivity index (χ0) is 20.1. The molecule has 7 heteroatoms. The number of carbonyl (C=O) groups excluding carboxylic acids is 1. The van der Waals surface area contributed by atoms with Crippen molar-refractivity contribution < 1.29 is 17.6 Å². The topological polar surface area (TPSA) is 66.5 Å². The number of fused-ring (bicyclic) bond motifs is 1. The Balaban J connectivity index is 1.62. The summed E-state index contributed by atoms with van der Waals surface area (Å²) in [6.45, 7) is 3.80. The van der Waals surface area contributed by atoms with Crippen molar-refractivity contribution in [1.29, 1.82) is 0 Å². The van der Waals surface area contributed by atoms with Crippen molar-refractivity contribution in [2.45, 2.75) is 50.8 Å². The van der Waals surface area contributed by atoms with E-state index in [4.69, 9.17) is 0 Å². The van der Waals surface area contributed by atoms with Crippen LogP contribution in [0.2, 0.25) is 0 Å². The molecule has 2 aliphatic rings. The molecular formula is C21H23FN2O3S. The van der Waals surface area contributed by atoms with Gasteiger partial charge in [0.15, 0.2) is 0 Å². The summed E-state index contributed by atoms with van der Waals surface area (Å²) in [6.07, 6.45) is 2.07. The molecule has 0 bridgehead atoms. The number of aryl methyl sites for hydroxylation is 1. The first kappa shape index (κ1) is 18.9. The van der Waals surface area contributed by atoms with Crippen LogP contribution in [0.4, 0.5) is 15.8 Å². The Bertz CT molecular complexity index is 1030. The van der Waals surface area contributed by atoms with Crippen molar-refractivity contribution in [1.82, 2.24) is 0 Å². The molecule has 1 saturated carbocycles. The van der Waals surface area contributed by atoms with Crippen LogP contribution in [-0.4, -0.2) is 20.4 Å². The van der Waals surface area contributed by atoms with Gasteiger partial charge in [0.1, 0.15) is 5.82 Å². The van der Waals surface area contributed by atoms with Gasteiger partial charge >= 0.3 is 0 Å². The minimum atomic E-state index is -3.69. The second-order valence-corrected chi connectivity index (χ2v) is 9.57. The van der Waals surface area contributed by atoms with Gasteiger partial charge in [0.05, 0.1) is 17.1 Å². The number of hydrogen-bond acceptors (Lipinski definition) is 3. The molecule has 1 amide bonds. The summed E-state index contributed by atoms with van der Waals surface area (Å²) >= 11 is 0. The van der Waals surface area contributed by atoms with E-state index < -0.39 is 15.8 Å². The number of nitrogens with zero attached hydrogens (tertiary/aromatic N) is 1. The molecule has 1 heterocycles. The van der Waals surface area contributed by atoms with Gasteiger partial charge in [-0.1, -0.05) is 36.8 Å². The fraction of sp³-hybridized carbons (Fsp3) is 0.381. The summed E-state index contributed by atoms with van der Waals surface area (Å²) in [7, 11) is -3.69. The highest BCUT2D eigenvalue weighted by Gasteiger charge is 2.40. The van der Waals surface area contributed by atoms with Crippen LogP contribution >= 0.6 is 0 Å². The van der Waals surface area contributed by atoms with Gasteiger partial charge in [0, 0.05) is 18.5 Å². The fourth-order valence-corrected chi connectivity index (χ4v) is 4.92. The Hall–Kier alpha value is -2.41. The van der Waals surface area contributed by atoms with Crippen molar-refractivity contribution in [2.24, 2.45) is 0 Å². The van der Waals surface area contributed by atoms with Gasteiger partial charge in [0.25, 0.3) is 0 Å². The molecule has 1 atom stereocenters. The number of halogens is 1. The van der Waals surface area contributed by atoms with E-state index in [1.807, 2.05) is 26.0 Å². The van der Waals surface area contributed by atoms with E-state index in [2.05, 4.69) is 4.72 Å². The normalized spacial score (nSPS) is 19.5. The van der Waals surface area contributed by atoms with Crippen LogP contribution in [0.5, 0.6) is 0 Å². The van der Waals surface area contributed by atoms with Gasteiger partial charge in [-0.15, -0.1) is 0 Å². The van der Waals surface area contributed by atoms with Crippen LogP contribution in [0.3, 0.4) is 0 Å². The molecule has 2 aromatic rings. The summed E-state index contributed by atoms with van der Waals surface area (Å²) in [6, 6.07) is 10.1. The number of anilines is 2. The predicted octanol–water partition coefficient (Wildman–Crippen LogP) is 4.08. The number of nitrogens with one attached hydrogen (secondary N) is 1. The number of hydrogen-bond donors (Lipinski definition) is 1. The lowest BCUT2D eigenvalue weighted by Gasteiger charge is -2.33. The van der Waals surface area contributed by atoms with Crippen LogP contribution in [0.1, 0.15) is 48.8 Å². The molecule has 1 fully saturated rings. The van der Waals surface area contributed by atoms with Crippen LogP contribution in [0, 0.1) is 12.7 Å². The highest BCUT2D eigenvalue weighted by molar-refractivity contribution is 7.91. The SMILES string of the molecule is Cc1ccc(CS(=O)(=O)Nc2cc(F)c3c(c2)C(C)CC(=O)N3C2CC2)cc1. The minimum absolute atomic E-state index is 0.0610. The molecule has 0 spiro atoms. The largest absolute Gasteiger partial charge is 0.306 e. The summed E-state index contributed by atoms with van der Waals surface area (Å²) in [4.78, 5) is 14.0. The number of amides is 1. The van der Waals surface area contributed by atoms with Gasteiger partial charge < -0.3 is 4.90 Å². The lowest BCUT2D eigenvalue weighted by atomic mass is 9.90. The van der Waals surface area contributed by atoms with Crippen LogP contribution < -0.4 is 9.62 Å². The third-order valence-electron chi connectivity index (χ3n) is 5.28. The smallest absolute Gasteiger partial charge is 0.236 e. The summed E-state index contributed by atoms with van der Waals surface area (Å²) in [5.41, 5.74) is 2.90. The first-order valence-corrected chi connectivity index (χ1v) is 11.1. The second-order valence-electron chi connectivity index (χ2n) is 7.84. The number of sulfonamides is 1. The minimum Gasteiger partial charge on any atom is -0.306 e. The van der Waals surface area contributed by atoms with Gasteiger partial charge in [-0.25, -0.2) is 12.8 Å². The lowest BCUT2D eigenvalue weighted by Crippen LogP contribution is -2.38. The monoisotopic (exact) mass is 402 g/mol. The summed E-state index contributed by atoms with van der Waals surface area (Å²) in [5.74, 6) is -0.964. The number of benzene rings is 2. The van der Waals surface area contributed by atoms with E-state index in [9.17, 15) is 17.6 Å². The third-order valence-corrected chi connectivity index (χ3v) is 6.54. The maximum atomic E-state index is 14.9. The molecule has 28 heavy (non-hydrogen) atoms. The average Bonchev–Trinajstić information content (AvgIpc) is 3.42. The highest BCUT2D eigenvalue weighted by Crippen LogP contribution is 2.44. The standard InChI is InChI=1S/C21H23FN2O3S/c1-13-3-5-15(6-4-13)12-28(26,27)23-16-10-18-14(2)9-20(25)24(17-7-8-17)21(18)19(22)11-16/h3-6,10-11,14,17,23H,7-9,12H2,1-2H3. The van der Waals surface area contributed by atoms with E-state index in [0.29, 0.717) is 23.2 Å². The molecule has 2 aromatic carbocycles. The maximum absolute atomic E-state index is 14.9. The van der Waals surface area contributed by atoms with Crippen LogP contribution in [0.25, 0.3) is 0 Å². The highest BCUT2D eigenvalue weighted by atomic mass is 32.2. The van der Waals surface area contributed by atoms with Crippen molar-refractivity contribution in [3.8, 4) is 0 Å². The van der Waals surface area contributed by atoms with E-state index in [-0.39, 0.29) is 29.3 Å². The summed E-state index contributed by atoms with van der Waals surface area (Å²) < 4.78 is 42.5. The molecule has 0 radical (unpaired) electrons. The molecule has 0 saturated heterocycles. The Labute approximate surface area is 164 Å². The molecule has 1 unspecified atom stereocenters. The third kappa shape index (κ3) is 3.76. The molecule has 4 rings (SSSR count). The fourth-order valence-electron chi connectivity index (χ4n) is 3.74. The van der Waals surface area contributed by atoms with Gasteiger partial charge in [-0.2, -0.15) is 0 Å². The van der Waals surface area contributed by atoms with E-state index in [0.717, 1.165) is 18.4 Å². The molecule has 1 aliphatic heterocycles. The Morgan fingerprint density at radius 2 is 1.86 bits per heavy atom. The van der Waals surface area contributed by atoms with Crippen LogP contribution in [0.15, 0.2) is 36.4 Å². The first-order chi connectivity index (χ1) is 13.2. The molecule has 5 nitrogen and oxygen atoms in total. The average molecular weight is 402 g/mol. The predicted molar refractivity (Wildman–Crippen MR) is 107 cm³/mol. The number of rotatable bonds is 5. The van der Waals surface area contributed by atoms with Crippen molar-refractivity contribution >= 4 is 27.3 Å². The second kappa shape index (κ2) is 6.88. The van der Waals surface area contributed by atoms with Crippen molar-refractivity contribution in [2.75, 3.05) is 9.62 Å². The van der Waals surface area contributed by atoms with E-state index >= 15 is 0 Å². The quantitative estimate of drug-likeness (QED) is 0.820. The first-order valence-electron chi connectivity index (χ1n) is 9.45. The Morgan fingerprint density at radius 1 is 1.18 bits per heavy atom. The molecule has 1 aliphatic carbocycles. The Morgan fingerprint density at radius 3 is 2.50 bits per heavy atom. The van der Waals surface area contributed by atoms with Crippen molar-refractivity contribution in [3.63, 3.8) is 0 Å². The molecule has 148 valence electrons. The lowest BCUT2D eigenvalue weighted by molar-refractivity contribution is -0.119. The van der Waals surface area contributed by atoms with Crippen molar-refractivity contribution in [3.05, 3.63) is 58.9 Å². The molecule has 0 aromatic heterocycles. The van der Waals surface area contributed by atoms with Crippen LogP contribution in [-0.2, 0) is 20.6 Å². The zero-order valence-corrected chi connectivity index (χ0v) is 16.7. The van der Waals surface area contributed by atoms with E-state index in [1.165, 1.54) is 6.07 Å². The molecular weight excluding hydrogens is 379 g/mol. The maximum Gasteiger partial charge on any atom is 0.236 e. The number of carbonyl (C=O) groups is 1. The van der Waals surface area contributed by atoms with Gasteiger partial charge in [-0.05, 0) is 42.9 Å². The van der Waals surface area contributed by atoms with Gasteiger partial charge in [0.2, 0.25) is 15.9 Å².